The molecule has 0 amide bonds. The molecule has 0 spiro atoms. The predicted molar refractivity (Wildman–Crippen MR) is 62.0 cm³/mol. The van der Waals surface area contributed by atoms with Gasteiger partial charge in [0, 0.05) is 0 Å². The van der Waals surface area contributed by atoms with Gasteiger partial charge in [-0.25, -0.2) is 0 Å². The molecule has 0 aliphatic rings. The summed E-state index contributed by atoms with van der Waals surface area (Å²) in [6.45, 7) is 3.26. The second kappa shape index (κ2) is 6.10. The van der Waals surface area contributed by atoms with Crippen molar-refractivity contribution in [3.8, 4) is 0 Å². The third-order valence-electron chi connectivity index (χ3n) is 1.48. The van der Waals surface area contributed by atoms with Crippen LogP contribution in [0.1, 0.15) is 13.8 Å². The van der Waals surface area contributed by atoms with E-state index < -0.39 is 0 Å². The topological polar surface area (TPSA) is 55.5 Å². The highest BCUT2D eigenvalue weighted by Crippen LogP contribution is 2.28. The first kappa shape index (κ1) is 12.6. The lowest BCUT2D eigenvalue weighted by atomic mass is 10.1. The van der Waals surface area contributed by atoms with E-state index in [-0.39, 0.29) is 5.78 Å². The maximum Gasteiger partial charge on any atom is 0.163 e. The highest BCUT2D eigenvalue weighted by atomic mass is 32.2. The molecule has 0 saturated carbocycles. The number of allylic oxidation sites excluding steroid dienone is 1. The summed E-state index contributed by atoms with van der Waals surface area (Å²) in [6, 6.07) is 0. The lowest BCUT2D eigenvalue weighted by Gasteiger charge is -2.07. The lowest BCUT2D eigenvalue weighted by Crippen LogP contribution is -2.10. The van der Waals surface area contributed by atoms with E-state index in [4.69, 9.17) is 5.84 Å². The molecular weight excluding hydrogens is 204 g/mol. The minimum Gasteiger partial charge on any atom is -0.323 e. The summed E-state index contributed by atoms with van der Waals surface area (Å²) in [5.74, 6) is 5.15. The Morgan fingerprint density at radius 3 is 1.92 bits per heavy atom. The molecule has 0 radical (unpaired) electrons. The molecule has 13 heavy (non-hydrogen) atoms. The van der Waals surface area contributed by atoms with Gasteiger partial charge in [0.1, 0.15) is 0 Å². The first-order valence-corrected chi connectivity index (χ1v) is 6.11. The van der Waals surface area contributed by atoms with Crippen LogP contribution in [0.4, 0.5) is 0 Å². The summed E-state index contributed by atoms with van der Waals surface area (Å²) >= 11 is 3.07. The summed E-state index contributed by atoms with van der Waals surface area (Å²) in [7, 11) is 0. The van der Waals surface area contributed by atoms with Crippen LogP contribution < -0.4 is 5.84 Å². The maximum atomic E-state index is 11.3. The molecule has 74 valence electrons. The van der Waals surface area contributed by atoms with Gasteiger partial charge in [-0.3, -0.25) is 4.79 Å². The molecule has 5 heteroatoms. The van der Waals surface area contributed by atoms with Crippen molar-refractivity contribution in [2.24, 2.45) is 10.9 Å². The minimum absolute atomic E-state index is 0.00500. The summed E-state index contributed by atoms with van der Waals surface area (Å²) in [5.41, 5.74) is 1.22. The van der Waals surface area contributed by atoms with Crippen LogP contribution in [-0.4, -0.2) is 24.0 Å². The van der Waals surface area contributed by atoms with E-state index in [0.717, 1.165) is 4.24 Å². The number of hydrazone groups is 1. The van der Waals surface area contributed by atoms with E-state index in [1.54, 1.807) is 6.92 Å². The molecule has 0 aromatic rings. The SMILES string of the molecule is CSC(SC)=C(C(C)=O)/C(C)=N/N. The van der Waals surface area contributed by atoms with Gasteiger partial charge in [0.25, 0.3) is 0 Å². The molecule has 0 unspecified atom stereocenters. The smallest absolute Gasteiger partial charge is 0.163 e. The second-order valence-electron chi connectivity index (χ2n) is 2.34. The number of hydrogen-bond donors (Lipinski definition) is 1. The van der Waals surface area contributed by atoms with Crippen molar-refractivity contribution in [2.75, 3.05) is 12.5 Å². The zero-order valence-electron chi connectivity index (χ0n) is 8.25. The summed E-state index contributed by atoms with van der Waals surface area (Å²) < 4.78 is 0.958. The summed E-state index contributed by atoms with van der Waals surface area (Å²) in [4.78, 5) is 11.3. The van der Waals surface area contributed by atoms with Crippen molar-refractivity contribution in [1.82, 2.24) is 0 Å². The van der Waals surface area contributed by atoms with Gasteiger partial charge < -0.3 is 5.84 Å². The van der Waals surface area contributed by atoms with Gasteiger partial charge in [0.05, 0.1) is 15.5 Å². The summed E-state index contributed by atoms with van der Waals surface area (Å²) in [5, 5.41) is 3.54. The Morgan fingerprint density at radius 2 is 1.69 bits per heavy atom. The van der Waals surface area contributed by atoms with Crippen LogP contribution >= 0.6 is 23.5 Å². The number of thioether (sulfide) groups is 2. The Hall–Kier alpha value is -0.420. The van der Waals surface area contributed by atoms with E-state index >= 15 is 0 Å². The Kier molecular flexibility index (Phi) is 5.90. The predicted octanol–water partition coefficient (Wildman–Crippen LogP) is 1.85. The number of carbonyl (C=O) groups is 1. The number of nitrogens with zero attached hydrogens (tertiary/aromatic N) is 1. The molecule has 0 heterocycles. The Labute approximate surface area is 87.2 Å². The molecule has 3 nitrogen and oxygen atoms in total. The summed E-state index contributed by atoms with van der Waals surface area (Å²) in [6.07, 6.45) is 3.86. The van der Waals surface area contributed by atoms with Gasteiger partial charge in [-0.1, -0.05) is 0 Å². The molecule has 0 aliphatic heterocycles. The van der Waals surface area contributed by atoms with Gasteiger partial charge in [-0.15, -0.1) is 23.5 Å². The average Bonchev–Trinajstić information content (AvgIpc) is 2.12. The second-order valence-corrected chi connectivity index (χ2v) is 4.23. The Bertz CT molecular complexity index is 253. The van der Waals surface area contributed by atoms with E-state index in [2.05, 4.69) is 5.10 Å². The monoisotopic (exact) mass is 218 g/mol. The number of carbonyl (C=O) groups excluding carboxylic acids is 1. The van der Waals surface area contributed by atoms with Crippen LogP contribution in [0.2, 0.25) is 0 Å². The van der Waals surface area contributed by atoms with E-state index in [9.17, 15) is 4.79 Å². The van der Waals surface area contributed by atoms with Gasteiger partial charge in [-0.2, -0.15) is 5.10 Å². The van der Waals surface area contributed by atoms with E-state index in [1.807, 2.05) is 12.5 Å². The zero-order valence-corrected chi connectivity index (χ0v) is 9.88. The quantitative estimate of drug-likeness (QED) is 0.338. The van der Waals surface area contributed by atoms with Crippen LogP contribution in [0.5, 0.6) is 0 Å². The largest absolute Gasteiger partial charge is 0.323 e. The van der Waals surface area contributed by atoms with Crippen LogP contribution in [0.25, 0.3) is 0 Å². The standard InChI is InChI=1S/C8H14N2OS2/c1-5(10-9)7(6(2)11)8(12-3)13-4/h9H2,1-4H3/b10-5+. The number of rotatable bonds is 4. The molecule has 0 atom stereocenters. The highest BCUT2D eigenvalue weighted by Gasteiger charge is 2.13. The van der Waals surface area contributed by atoms with Gasteiger partial charge in [-0.05, 0) is 26.4 Å². The number of ketones is 1. The van der Waals surface area contributed by atoms with Crippen LogP contribution in [0.15, 0.2) is 14.9 Å². The van der Waals surface area contributed by atoms with Crippen LogP contribution in [0.3, 0.4) is 0 Å². The molecule has 2 N–H and O–H groups in total. The average molecular weight is 218 g/mol. The van der Waals surface area contributed by atoms with Crippen molar-refractivity contribution >= 4 is 35.0 Å². The van der Waals surface area contributed by atoms with Gasteiger partial charge >= 0.3 is 0 Å². The minimum atomic E-state index is 0.00500. The number of Topliss-reactive ketones (excluding diaryl/α,β-unsaturated/α-hetero) is 1. The van der Waals surface area contributed by atoms with Gasteiger partial charge in [0.2, 0.25) is 0 Å². The number of hydrogen-bond acceptors (Lipinski definition) is 5. The van der Waals surface area contributed by atoms with Crippen LogP contribution in [-0.2, 0) is 4.79 Å². The molecular formula is C8H14N2OS2. The number of nitrogens with two attached hydrogens (primary N) is 1. The van der Waals surface area contributed by atoms with Crippen molar-refractivity contribution in [1.29, 1.82) is 0 Å². The molecule has 0 aromatic heterocycles. The van der Waals surface area contributed by atoms with E-state index in [0.29, 0.717) is 11.3 Å². The van der Waals surface area contributed by atoms with Gasteiger partial charge in [0.15, 0.2) is 5.78 Å². The molecule has 0 saturated heterocycles. The van der Waals surface area contributed by atoms with Crippen LogP contribution in [0, 0.1) is 0 Å². The highest BCUT2D eigenvalue weighted by molar-refractivity contribution is 8.21. The third-order valence-corrected chi connectivity index (χ3v) is 3.63. The normalized spacial score (nSPS) is 11.2. The molecule has 0 bridgehead atoms. The molecule has 0 rings (SSSR count). The molecule has 0 aliphatic carbocycles. The fraction of sp³-hybridized carbons (Fsp3) is 0.500. The molecule has 0 fully saturated rings. The zero-order chi connectivity index (χ0) is 10.4. The third kappa shape index (κ3) is 3.44. The Morgan fingerprint density at radius 1 is 1.23 bits per heavy atom. The van der Waals surface area contributed by atoms with Crippen molar-refractivity contribution in [2.45, 2.75) is 13.8 Å². The van der Waals surface area contributed by atoms with Crippen molar-refractivity contribution < 1.29 is 4.79 Å². The first-order valence-electron chi connectivity index (χ1n) is 3.66. The van der Waals surface area contributed by atoms with E-state index in [1.165, 1.54) is 30.4 Å². The fourth-order valence-electron chi connectivity index (χ4n) is 0.898. The van der Waals surface area contributed by atoms with Crippen molar-refractivity contribution in [3.63, 3.8) is 0 Å². The van der Waals surface area contributed by atoms with Crippen molar-refractivity contribution in [3.05, 3.63) is 9.81 Å². The first-order chi connectivity index (χ1) is 6.08. The molecule has 0 aromatic carbocycles. The fourth-order valence-corrected chi connectivity index (χ4v) is 2.56. The maximum absolute atomic E-state index is 11.3. The Balaban J connectivity index is 5.21. The lowest BCUT2D eigenvalue weighted by molar-refractivity contribution is -0.113.